The van der Waals surface area contributed by atoms with Gasteiger partial charge in [-0.1, -0.05) is 0 Å². The number of ether oxygens (including phenoxy) is 1. The van der Waals surface area contributed by atoms with E-state index in [1.54, 1.807) is 10.9 Å². The average Bonchev–Trinajstić information content (AvgIpc) is 3.06. The molecule has 0 saturated heterocycles. The molecule has 5 heteroatoms. The molecule has 0 aromatic carbocycles. The van der Waals surface area contributed by atoms with Crippen molar-refractivity contribution >= 4 is 5.97 Å². The fourth-order valence-corrected chi connectivity index (χ4v) is 1.80. The molecule has 1 unspecified atom stereocenters. The smallest absolute Gasteiger partial charge is 0.327 e. The van der Waals surface area contributed by atoms with Crippen molar-refractivity contribution in [2.75, 3.05) is 6.61 Å². The molecule has 1 aromatic rings. The number of rotatable bonds is 5. The Bertz CT molecular complexity index is 410. The first-order valence-corrected chi connectivity index (χ1v) is 6.04. The maximum atomic E-state index is 11.9. The molecule has 1 heterocycles. The summed E-state index contributed by atoms with van der Waals surface area (Å²) in [5.41, 5.74) is 1.91. The number of hydrogen-bond donors (Lipinski definition) is 1. The lowest BCUT2D eigenvalue weighted by molar-refractivity contribution is -0.145. The first-order chi connectivity index (χ1) is 8.13. The van der Waals surface area contributed by atoms with Gasteiger partial charge in [0.15, 0.2) is 0 Å². The lowest BCUT2D eigenvalue weighted by atomic mass is 10.1. The van der Waals surface area contributed by atoms with Crippen molar-refractivity contribution in [2.24, 2.45) is 7.05 Å². The van der Waals surface area contributed by atoms with E-state index in [9.17, 15) is 4.79 Å². The number of nitrogens with one attached hydrogen (secondary N) is 1. The molecule has 5 nitrogen and oxygen atoms in total. The Kier molecular flexibility index (Phi) is 3.47. The number of carbonyl (C=O) groups excluding carboxylic acids is 1. The molecule has 1 aromatic heterocycles. The van der Waals surface area contributed by atoms with Crippen LogP contribution in [0.2, 0.25) is 0 Å². The van der Waals surface area contributed by atoms with Crippen LogP contribution in [-0.2, 0) is 16.6 Å². The summed E-state index contributed by atoms with van der Waals surface area (Å²) in [7, 11) is 1.87. The maximum absolute atomic E-state index is 11.9. The van der Waals surface area contributed by atoms with Crippen LogP contribution in [0, 0.1) is 6.92 Å². The third-order valence-corrected chi connectivity index (χ3v) is 3.09. The van der Waals surface area contributed by atoms with Gasteiger partial charge in [-0.3, -0.25) is 10.00 Å². The SMILES string of the molecule is CCOC(=O)C(NC1CC1)c1cnn(C)c1C. The molecule has 0 spiro atoms. The average molecular weight is 237 g/mol. The van der Waals surface area contributed by atoms with Crippen LogP contribution >= 0.6 is 0 Å². The zero-order chi connectivity index (χ0) is 12.4. The van der Waals surface area contributed by atoms with Gasteiger partial charge in [0.1, 0.15) is 6.04 Å². The van der Waals surface area contributed by atoms with E-state index in [1.165, 1.54) is 0 Å². The molecule has 0 radical (unpaired) electrons. The molecule has 0 bridgehead atoms. The molecule has 1 aliphatic rings. The van der Waals surface area contributed by atoms with Crippen LogP contribution in [0.3, 0.4) is 0 Å². The van der Waals surface area contributed by atoms with E-state index in [4.69, 9.17) is 4.74 Å². The normalized spacial score (nSPS) is 16.9. The van der Waals surface area contributed by atoms with E-state index in [0.29, 0.717) is 12.6 Å². The lowest BCUT2D eigenvalue weighted by Gasteiger charge is -2.16. The summed E-state index contributed by atoms with van der Waals surface area (Å²) in [6.07, 6.45) is 4.01. The van der Waals surface area contributed by atoms with Crippen molar-refractivity contribution < 1.29 is 9.53 Å². The van der Waals surface area contributed by atoms with Gasteiger partial charge in [0.2, 0.25) is 0 Å². The van der Waals surface area contributed by atoms with Crippen molar-refractivity contribution in [3.63, 3.8) is 0 Å². The summed E-state index contributed by atoms with van der Waals surface area (Å²) in [5.74, 6) is -0.212. The van der Waals surface area contributed by atoms with Crippen molar-refractivity contribution in [3.05, 3.63) is 17.5 Å². The van der Waals surface area contributed by atoms with E-state index in [0.717, 1.165) is 24.1 Å². The second kappa shape index (κ2) is 4.87. The number of carbonyl (C=O) groups is 1. The predicted molar refractivity (Wildman–Crippen MR) is 63.5 cm³/mol. The van der Waals surface area contributed by atoms with Crippen LogP contribution in [0.4, 0.5) is 0 Å². The molecule has 94 valence electrons. The maximum Gasteiger partial charge on any atom is 0.327 e. The minimum atomic E-state index is -0.379. The van der Waals surface area contributed by atoms with Gasteiger partial charge in [-0.15, -0.1) is 0 Å². The number of esters is 1. The number of aryl methyl sites for hydroxylation is 1. The summed E-state index contributed by atoms with van der Waals surface area (Å²) < 4.78 is 6.89. The number of aromatic nitrogens is 2. The van der Waals surface area contributed by atoms with Gasteiger partial charge in [-0.05, 0) is 26.7 Å². The quantitative estimate of drug-likeness (QED) is 0.779. The third-order valence-electron chi connectivity index (χ3n) is 3.09. The Hall–Kier alpha value is -1.36. The highest BCUT2D eigenvalue weighted by Gasteiger charge is 2.32. The second-order valence-electron chi connectivity index (χ2n) is 4.43. The summed E-state index contributed by atoms with van der Waals surface area (Å²) in [6.45, 7) is 4.19. The standard InChI is InChI=1S/C12H19N3O2/c1-4-17-12(16)11(14-9-5-6-9)10-7-13-15(3)8(10)2/h7,9,11,14H,4-6H2,1-3H3. The fourth-order valence-electron chi connectivity index (χ4n) is 1.80. The third kappa shape index (κ3) is 2.66. The summed E-state index contributed by atoms with van der Waals surface area (Å²) >= 11 is 0. The first kappa shape index (κ1) is 12.1. The topological polar surface area (TPSA) is 56.1 Å². The van der Waals surface area contributed by atoms with Crippen molar-refractivity contribution in [2.45, 2.75) is 38.8 Å². The lowest BCUT2D eigenvalue weighted by Crippen LogP contribution is -2.32. The van der Waals surface area contributed by atoms with Crippen LogP contribution in [0.1, 0.15) is 37.1 Å². The van der Waals surface area contributed by atoms with Gasteiger partial charge in [-0.25, -0.2) is 4.79 Å². The van der Waals surface area contributed by atoms with E-state index < -0.39 is 0 Å². The van der Waals surface area contributed by atoms with Crippen LogP contribution in [-0.4, -0.2) is 28.4 Å². The fraction of sp³-hybridized carbons (Fsp3) is 0.667. The molecule has 1 saturated carbocycles. The molecule has 0 aliphatic heterocycles. The largest absolute Gasteiger partial charge is 0.465 e. The van der Waals surface area contributed by atoms with Gasteiger partial charge < -0.3 is 4.74 Å². The van der Waals surface area contributed by atoms with E-state index >= 15 is 0 Å². The highest BCUT2D eigenvalue weighted by Crippen LogP contribution is 2.26. The van der Waals surface area contributed by atoms with E-state index in [1.807, 2.05) is 20.9 Å². The molecule has 0 amide bonds. The Balaban J connectivity index is 2.19. The Morgan fingerprint density at radius 3 is 2.88 bits per heavy atom. The second-order valence-corrected chi connectivity index (χ2v) is 4.43. The molecule has 1 fully saturated rings. The van der Waals surface area contributed by atoms with Crippen LogP contribution in [0.25, 0.3) is 0 Å². The minimum Gasteiger partial charge on any atom is -0.465 e. The minimum absolute atomic E-state index is 0.212. The predicted octanol–water partition coefficient (Wildman–Crippen LogP) is 1.08. The van der Waals surface area contributed by atoms with Crippen LogP contribution in [0.15, 0.2) is 6.20 Å². The highest BCUT2D eigenvalue weighted by atomic mass is 16.5. The molecule has 1 atom stereocenters. The van der Waals surface area contributed by atoms with Gasteiger partial charge >= 0.3 is 5.97 Å². The summed E-state index contributed by atoms with van der Waals surface area (Å²) in [6, 6.07) is 0.0696. The van der Waals surface area contributed by atoms with Crippen molar-refractivity contribution in [1.82, 2.24) is 15.1 Å². The van der Waals surface area contributed by atoms with Crippen molar-refractivity contribution in [1.29, 1.82) is 0 Å². The molecular weight excluding hydrogens is 218 g/mol. The van der Waals surface area contributed by atoms with Gasteiger partial charge in [-0.2, -0.15) is 5.10 Å². The van der Waals surface area contributed by atoms with Gasteiger partial charge in [0, 0.05) is 24.3 Å². The monoisotopic (exact) mass is 237 g/mol. The molecule has 1 N–H and O–H groups in total. The number of nitrogens with zero attached hydrogens (tertiary/aromatic N) is 2. The number of hydrogen-bond acceptors (Lipinski definition) is 4. The van der Waals surface area contributed by atoms with Gasteiger partial charge in [0.05, 0.1) is 12.8 Å². The first-order valence-electron chi connectivity index (χ1n) is 6.04. The van der Waals surface area contributed by atoms with Crippen molar-refractivity contribution in [3.8, 4) is 0 Å². The molecule has 1 aliphatic carbocycles. The molecule has 2 rings (SSSR count). The van der Waals surface area contributed by atoms with Crippen LogP contribution in [0.5, 0.6) is 0 Å². The molecular formula is C12H19N3O2. The molecule has 17 heavy (non-hydrogen) atoms. The summed E-state index contributed by atoms with van der Waals surface area (Å²) in [5, 5.41) is 7.49. The zero-order valence-corrected chi connectivity index (χ0v) is 10.6. The Morgan fingerprint density at radius 1 is 1.71 bits per heavy atom. The zero-order valence-electron chi connectivity index (χ0n) is 10.6. The Morgan fingerprint density at radius 2 is 2.41 bits per heavy atom. The summed E-state index contributed by atoms with van der Waals surface area (Å²) in [4.78, 5) is 11.9. The van der Waals surface area contributed by atoms with E-state index in [-0.39, 0.29) is 12.0 Å². The van der Waals surface area contributed by atoms with Crippen LogP contribution < -0.4 is 5.32 Å². The highest BCUT2D eigenvalue weighted by molar-refractivity contribution is 5.78. The van der Waals surface area contributed by atoms with E-state index in [2.05, 4.69) is 10.4 Å². The van der Waals surface area contributed by atoms with Gasteiger partial charge in [0.25, 0.3) is 0 Å². The Labute approximate surface area is 101 Å².